The van der Waals surface area contributed by atoms with E-state index in [0.717, 1.165) is 19.5 Å². The fourth-order valence-electron chi connectivity index (χ4n) is 2.50. The first-order chi connectivity index (χ1) is 7.89. The molecular formula is C12H19NO4. The van der Waals surface area contributed by atoms with Crippen LogP contribution in [-0.4, -0.2) is 47.2 Å². The summed E-state index contributed by atoms with van der Waals surface area (Å²) in [6, 6.07) is 0. The van der Waals surface area contributed by atoms with Crippen LogP contribution in [0.1, 0.15) is 33.1 Å². The van der Waals surface area contributed by atoms with E-state index in [1.54, 1.807) is 4.90 Å². The number of nitrogens with zero attached hydrogens (tertiary/aromatic N) is 1. The Morgan fingerprint density at radius 2 is 1.94 bits per heavy atom. The molecule has 2 rings (SSSR count). The number of hydrogen-bond acceptors (Lipinski definition) is 3. The van der Waals surface area contributed by atoms with Gasteiger partial charge in [0.1, 0.15) is 6.10 Å². The van der Waals surface area contributed by atoms with Crippen LogP contribution < -0.4 is 0 Å². The first kappa shape index (κ1) is 12.4. The van der Waals surface area contributed by atoms with Gasteiger partial charge in [0.25, 0.3) is 5.91 Å². The number of carboxylic acid groups (broad SMARTS) is 1. The van der Waals surface area contributed by atoms with Gasteiger partial charge in [0, 0.05) is 13.1 Å². The Balaban J connectivity index is 1.92. The van der Waals surface area contributed by atoms with Crippen LogP contribution in [-0.2, 0) is 14.3 Å². The highest BCUT2D eigenvalue weighted by atomic mass is 16.5. The van der Waals surface area contributed by atoms with Crippen molar-refractivity contribution in [2.75, 3.05) is 13.1 Å². The van der Waals surface area contributed by atoms with E-state index >= 15 is 0 Å². The highest BCUT2D eigenvalue weighted by molar-refractivity contribution is 5.83. The quantitative estimate of drug-likeness (QED) is 0.779. The highest BCUT2D eigenvalue weighted by Crippen LogP contribution is 2.31. The Morgan fingerprint density at radius 3 is 2.41 bits per heavy atom. The van der Waals surface area contributed by atoms with Crippen molar-refractivity contribution >= 4 is 11.9 Å². The van der Waals surface area contributed by atoms with Crippen LogP contribution in [0.2, 0.25) is 0 Å². The molecule has 2 aliphatic rings. The van der Waals surface area contributed by atoms with Crippen molar-refractivity contribution in [3.63, 3.8) is 0 Å². The first-order valence-electron chi connectivity index (χ1n) is 6.06. The number of amides is 1. The SMILES string of the molecule is CC1(C)CCN(C(=O)C2CCC(C(=O)O)O2)C1. The number of carbonyl (C=O) groups is 2. The van der Waals surface area contributed by atoms with E-state index < -0.39 is 18.2 Å². The maximum Gasteiger partial charge on any atom is 0.332 e. The molecule has 1 amide bonds. The van der Waals surface area contributed by atoms with E-state index in [2.05, 4.69) is 13.8 Å². The summed E-state index contributed by atoms with van der Waals surface area (Å²) in [5.74, 6) is -1.01. The van der Waals surface area contributed by atoms with Crippen LogP contribution in [0.4, 0.5) is 0 Å². The van der Waals surface area contributed by atoms with Crippen molar-refractivity contribution in [3.8, 4) is 0 Å². The van der Waals surface area contributed by atoms with Crippen LogP contribution in [0.5, 0.6) is 0 Å². The molecule has 0 aromatic heterocycles. The number of rotatable bonds is 2. The number of likely N-dealkylation sites (tertiary alicyclic amines) is 1. The Hall–Kier alpha value is -1.10. The number of hydrogen-bond donors (Lipinski definition) is 1. The summed E-state index contributed by atoms with van der Waals surface area (Å²) in [4.78, 5) is 24.7. The average Bonchev–Trinajstić information content (AvgIpc) is 2.83. The minimum Gasteiger partial charge on any atom is -0.479 e. The van der Waals surface area contributed by atoms with Gasteiger partial charge in [-0.25, -0.2) is 4.79 Å². The van der Waals surface area contributed by atoms with Gasteiger partial charge in [0.2, 0.25) is 0 Å². The van der Waals surface area contributed by atoms with Gasteiger partial charge >= 0.3 is 5.97 Å². The van der Waals surface area contributed by atoms with Crippen molar-refractivity contribution in [1.29, 1.82) is 0 Å². The molecule has 0 spiro atoms. The van der Waals surface area contributed by atoms with Crippen LogP contribution in [0.15, 0.2) is 0 Å². The normalized spacial score (nSPS) is 31.8. The van der Waals surface area contributed by atoms with E-state index in [9.17, 15) is 9.59 Å². The third kappa shape index (κ3) is 2.60. The molecule has 5 nitrogen and oxygen atoms in total. The molecule has 2 aliphatic heterocycles. The minimum absolute atomic E-state index is 0.0423. The summed E-state index contributed by atoms with van der Waals surface area (Å²) < 4.78 is 5.27. The molecule has 0 saturated carbocycles. The molecule has 2 heterocycles. The van der Waals surface area contributed by atoms with Gasteiger partial charge in [-0.2, -0.15) is 0 Å². The van der Waals surface area contributed by atoms with E-state index in [4.69, 9.17) is 9.84 Å². The molecule has 96 valence electrons. The Labute approximate surface area is 101 Å². The number of aliphatic carboxylic acids is 1. The predicted octanol–water partition coefficient (Wildman–Crippen LogP) is 0.877. The largest absolute Gasteiger partial charge is 0.479 e. The number of carbonyl (C=O) groups excluding carboxylic acids is 1. The highest BCUT2D eigenvalue weighted by Gasteiger charge is 2.40. The van der Waals surface area contributed by atoms with Crippen LogP contribution in [0.3, 0.4) is 0 Å². The molecule has 0 aromatic rings. The van der Waals surface area contributed by atoms with Crippen molar-refractivity contribution in [1.82, 2.24) is 4.90 Å². The van der Waals surface area contributed by atoms with Crippen LogP contribution in [0, 0.1) is 5.41 Å². The lowest BCUT2D eigenvalue weighted by molar-refractivity contribution is -0.154. The zero-order valence-electron chi connectivity index (χ0n) is 10.3. The maximum absolute atomic E-state index is 12.1. The monoisotopic (exact) mass is 241 g/mol. The van der Waals surface area contributed by atoms with Crippen LogP contribution in [0.25, 0.3) is 0 Å². The van der Waals surface area contributed by atoms with Gasteiger partial charge in [-0.3, -0.25) is 4.79 Å². The van der Waals surface area contributed by atoms with Gasteiger partial charge in [-0.15, -0.1) is 0 Å². The Bertz CT molecular complexity index is 339. The first-order valence-corrected chi connectivity index (χ1v) is 6.06. The zero-order valence-corrected chi connectivity index (χ0v) is 10.3. The number of ether oxygens (including phenoxy) is 1. The van der Waals surface area contributed by atoms with Gasteiger partial charge < -0.3 is 14.7 Å². The summed E-state index contributed by atoms with van der Waals surface area (Å²) >= 11 is 0. The smallest absolute Gasteiger partial charge is 0.332 e. The Kier molecular flexibility index (Phi) is 3.12. The summed E-state index contributed by atoms with van der Waals surface area (Å²) in [7, 11) is 0. The molecule has 0 aliphatic carbocycles. The molecular weight excluding hydrogens is 222 g/mol. The molecule has 0 bridgehead atoms. The lowest BCUT2D eigenvalue weighted by Gasteiger charge is -2.22. The molecule has 5 heteroatoms. The summed E-state index contributed by atoms with van der Waals surface area (Å²) in [5, 5.41) is 8.81. The standard InChI is InChI=1S/C12H19NO4/c1-12(2)5-6-13(7-12)10(14)8-3-4-9(17-8)11(15)16/h8-9H,3-7H2,1-2H3,(H,15,16). The van der Waals surface area contributed by atoms with E-state index in [-0.39, 0.29) is 11.3 Å². The Morgan fingerprint density at radius 1 is 1.29 bits per heavy atom. The fraction of sp³-hybridized carbons (Fsp3) is 0.833. The van der Waals surface area contributed by atoms with Crippen LogP contribution >= 0.6 is 0 Å². The van der Waals surface area contributed by atoms with Gasteiger partial charge in [0.05, 0.1) is 0 Å². The van der Waals surface area contributed by atoms with Crippen molar-refractivity contribution in [2.45, 2.75) is 45.3 Å². The second-order valence-corrected chi connectivity index (χ2v) is 5.70. The fourth-order valence-corrected chi connectivity index (χ4v) is 2.50. The van der Waals surface area contributed by atoms with E-state index in [1.165, 1.54) is 0 Å². The minimum atomic E-state index is -0.970. The molecule has 0 aromatic carbocycles. The average molecular weight is 241 g/mol. The molecule has 2 saturated heterocycles. The number of carboxylic acids is 1. The summed E-state index contributed by atoms with van der Waals surface area (Å²) in [5.41, 5.74) is 0.167. The topological polar surface area (TPSA) is 66.8 Å². The molecule has 2 fully saturated rings. The van der Waals surface area contributed by atoms with Gasteiger partial charge in [-0.1, -0.05) is 13.8 Å². The lowest BCUT2D eigenvalue weighted by Crippen LogP contribution is -2.39. The predicted molar refractivity (Wildman–Crippen MR) is 60.5 cm³/mol. The van der Waals surface area contributed by atoms with Crippen molar-refractivity contribution in [2.24, 2.45) is 5.41 Å². The third-order valence-electron chi connectivity index (χ3n) is 3.56. The van der Waals surface area contributed by atoms with Crippen molar-refractivity contribution in [3.05, 3.63) is 0 Å². The molecule has 2 unspecified atom stereocenters. The maximum atomic E-state index is 12.1. The summed E-state index contributed by atoms with van der Waals surface area (Å²) in [6.45, 7) is 5.76. The molecule has 2 atom stereocenters. The zero-order chi connectivity index (χ0) is 12.6. The molecule has 0 radical (unpaired) electrons. The van der Waals surface area contributed by atoms with E-state index in [1.807, 2.05) is 0 Å². The van der Waals surface area contributed by atoms with E-state index in [0.29, 0.717) is 12.8 Å². The molecule has 1 N–H and O–H groups in total. The van der Waals surface area contributed by atoms with Gasteiger partial charge in [0.15, 0.2) is 6.10 Å². The third-order valence-corrected chi connectivity index (χ3v) is 3.56. The second-order valence-electron chi connectivity index (χ2n) is 5.70. The lowest BCUT2D eigenvalue weighted by atomic mass is 9.93. The molecule has 17 heavy (non-hydrogen) atoms. The summed E-state index contributed by atoms with van der Waals surface area (Å²) in [6.07, 6.45) is 0.591. The van der Waals surface area contributed by atoms with Gasteiger partial charge in [-0.05, 0) is 24.7 Å². The van der Waals surface area contributed by atoms with Crippen molar-refractivity contribution < 1.29 is 19.4 Å². The second kappa shape index (κ2) is 4.29.